The number of hydrogen-bond donors (Lipinski definition) is 4. The molecule has 0 saturated heterocycles. The first-order chi connectivity index (χ1) is 20.6. The summed E-state index contributed by atoms with van der Waals surface area (Å²) in [5, 5.41) is 32.4. The van der Waals surface area contributed by atoms with Gasteiger partial charge in [-0.25, -0.2) is 0 Å². The largest absolute Gasteiger partial charge is 0.510 e. The van der Waals surface area contributed by atoms with Gasteiger partial charge in [-0.15, -0.1) is 0 Å². The van der Waals surface area contributed by atoms with Crippen LogP contribution < -0.4 is 42.4 Å². The highest BCUT2D eigenvalue weighted by molar-refractivity contribution is 5.94. The van der Waals surface area contributed by atoms with Crippen LogP contribution in [0.1, 0.15) is 43.0 Å². The van der Waals surface area contributed by atoms with E-state index < -0.39 is 70.8 Å². The quantitative estimate of drug-likeness (QED) is 0.251. The van der Waals surface area contributed by atoms with Crippen molar-refractivity contribution in [1.82, 2.24) is 4.98 Å². The summed E-state index contributed by atoms with van der Waals surface area (Å²) in [5.41, 5.74) is -5.63. The fraction of sp³-hybridized carbons (Fsp3) is 0.242. The lowest BCUT2D eigenvalue weighted by molar-refractivity contribution is 0.296. The molecular formula is C33H25NO9. The van der Waals surface area contributed by atoms with Crippen LogP contribution in [-0.4, -0.2) is 26.9 Å². The van der Waals surface area contributed by atoms with Crippen molar-refractivity contribution in [3.63, 3.8) is 0 Å². The smallest absolute Gasteiger partial charge is 0.260 e. The number of fused-ring (bicyclic) bond motifs is 4. The molecule has 1 aromatic heterocycles. The highest BCUT2D eigenvalue weighted by Crippen LogP contribution is 2.54. The number of ether oxygens (including phenoxy) is 1. The Balaban J connectivity index is 1.52. The van der Waals surface area contributed by atoms with Gasteiger partial charge in [-0.1, -0.05) is 24.3 Å². The van der Waals surface area contributed by atoms with E-state index in [2.05, 4.69) is 4.98 Å². The molecule has 5 aliphatic rings. The van der Waals surface area contributed by atoms with Crippen LogP contribution in [0, 0.1) is 16.4 Å². The monoisotopic (exact) mass is 579 g/mol. The summed E-state index contributed by atoms with van der Waals surface area (Å²) in [5.74, 6) is -2.07. The number of aromatic nitrogens is 1. The van der Waals surface area contributed by atoms with E-state index in [9.17, 15) is 39.3 Å². The number of aliphatic hydroxyl groups excluding tert-OH is 2. The highest BCUT2D eigenvalue weighted by atomic mass is 16.5. The highest BCUT2D eigenvalue weighted by Gasteiger charge is 2.53. The van der Waals surface area contributed by atoms with E-state index in [1.807, 2.05) is 13.0 Å². The number of phenolic OH excluding ortho intramolecular Hbond substituents is 1. The van der Waals surface area contributed by atoms with Gasteiger partial charge < -0.3 is 25.0 Å². The number of aryl methyl sites for hydroxylation is 1. The number of hydrogen-bond acceptors (Lipinski definition) is 9. The van der Waals surface area contributed by atoms with E-state index in [1.165, 1.54) is 0 Å². The lowest BCUT2D eigenvalue weighted by Crippen LogP contribution is -2.52. The van der Waals surface area contributed by atoms with Crippen LogP contribution in [0.5, 0.6) is 11.5 Å². The third-order valence-corrected chi connectivity index (χ3v) is 8.81. The molecular weight excluding hydrogens is 554 g/mol. The van der Waals surface area contributed by atoms with Gasteiger partial charge in [0.2, 0.25) is 16.3 Å². The second-order valence-electron chi connectivity index (χ2n) is 11.4. The summed E-state index contributed by atoms with van der Waals surface area (Å²) in [7, 11) is 0. The molecule has 1 saturated carbocycles. The van der Waals surface area contributed by atoms with Crippen LogP contribution in [0.4, 0.5) is 0 Å². The standard InChI is InChI=1S/C33H25NO9/c1-2-3-4-5-17-11-16-10-15-8-9-33(25(15)29(39)20(16)32(42)34-17)30(40)23-24(31(33)41)28(38)22-21(27(23)37)18(35)12-19(26(22)36)43-13-14-6-7-14/h2-5,10-12,14,39-41H,6-9,13H2,1H3,(H,34,42)/b3-2+,5-4+/t33-/m0/s1. The van der Waals surface area contributed by atoms with Gasteiger partial charge in [-0.3, -0.25) is 24.0 Å². The van der Waals surface area contributed by atoms with Crippen LogP contribution in [0.3, 0.4) is 0 Å². The summed E-state index contributed by atoms with van der Waals surface area (Å²) in [6, 6.07) is 4.21. The first-order valence-corrected chi connectivity index (χ1v) is 14.0. The van der Waals surface area contributed by atoms with Crippen molar-refractivity contribution in [2.24, 2.45) is 5.92 Å². The summed E-state index contributed by atoms with van der Waals surface area (Å²) in [6.45, 7) is 2.04. The Labute approximate surface area is 240 Å². The molecule has 4 N–H and O–H groups in total. The molecule has 0 bridgehead atoms. The first kappa shape index (κ1) is 26.6. The second-order valence-corrected chi connectivity index (χ2v) is 11.4. The maximum absolute atomic E-state index is 13.8. The number of nitrogens with one attached hydrogen (secondary N) is 1. The molecule has 7 rings (SSSR count). The number of aromatic amines is 1. The number of H-pyrrole nitrogens is 1. The molecule has 0 unspecified atom stereocenters. The molecule has 43 heavy (non-hydrogen) atoms. The zero-order valence-electron chi connectivity index (χ0n) is 22.9. The average molecular weight is 580 g/mol. The van der Waals surface area contributed by atoms with Crippen molar-refractivity contribution in [3.05, 3.63) is 125 Å². The molecule has 2 aromatic rings. The van der Waals surface area contributed by atoms with E-state index >= 15 is 0 Å². The number of aromatic hydroxyl groups is 1. The molecule has 0 radical (unpaired) electrons. The SMILES string of the molecule is C/C=C/C=C/c1cc2cc3c(c(O)c2c(=O)[nH]1)[C@@]1(CC3)C(O)=c2c(=O)c3c(=O)cc(OCC4CC4)c(=O)c=3c(=O)c2=C1O. The summed E-state index contributed by atoms with van der Waals surface area (Å²) in [4.78, 5) is 69.6. The Hall–Kier alpha value is -5.25. The Morgan fingerprint density at radius 3 is 2.28 bits per heavy atom. The molecule has 1 aromatic carbocycles. The van der Waals surface area contributed by atoms with E-state index in [0.29, 0.717) is 16.6 Å². The summed E-state index contributed by atoms with van der Waals surface area (Å²) < 4.78 is 5.50. The molecule has 10 nitrogen and oxygen atoms in total. The van der Waals surface area contributed by atoms with Gasteiger partial charge >= 0.3 is 0 Å². The van der Waals surface area contributed by atoms with Crippen molar-refractivity contribution in [3.8, 4) is 11.5 Å². The topological polar surface area (TPSA) is 171 Å². The maximum atomic E-state index is 13.8. The normalized spacial score (nSPS) is 19.5. The van der Waals surface area contributed by atoms with Gasteiger partial charge in [0.25, 0.3) is 5.56 Å². The van der Waals surface area contributed by atoms with Gasteiger partial charge in [-0.05, 0) is 61.6 Å². The van der Waals surface area contributed by atoms with E-state index in [-0.39, 0.29) is 42.1 Å². The van der Waals surface area contributed by atoms with E-state index in [4.69, 9.17) is 4.74 Å². The predicted octanol–water partition coefficient (Wildman–Crippen LogP) is 0.883. The Morgan fingerprint density at radius 2 is 1.60 bits per heavy atom. The number of benzene rings is 1. The minimum atomic E-state index is -1.93. The van der Waals surface area contributed by atoms with Crippen LogP contribution in [-0.2, 0) is 11.8 Å². The zero-order valence-corrected chi connectivity index (χ0v) is 22.9. The lowest BCUT2D eigenvalue weighted by atomic mass is 9.78. The average Bonchev–Trinajstić information content (AvgIpc) is 3.67. The van der Waals surface area contributed by atoms with Crippen molar-refractivity contribution >= 4 is 28.4 Å². The van der Waals surface area contributed by atoms with Gasteiger partial charge in [0, 0.05) is 17.3 Å². The first-order valence-electron chi connectivity index (χ1n) is 14.0. The molecule has 0 amide bonds. The van der Waals surface area contributed by atoms with Crippen LogP contribution in [0.15, 0.2) is 60.4 Å². The third-order valence-electron chi connectivity index (χ3n) is 8.81. The van der Waals surface area contributed by atoms with Gasteiger partial charge in [-0.2, -0.15) is 0 Å². The van der Waals surface area contributed by atoms with E-state index in [1.54, 1.807) is 30.4 Å². The second kappa shape index (κ2) is 9.12. The van der Waals surface area contributed by atoms with Crippen molar-refractivity contribution in [2.75, 3.05) is 6.61 Å². The molecule has 216 valence electrons. The Kier molecular flexibility index (Phi) is 5.65. The molecule has 1 spiro atoms. The predicted molar refractivity (Wildman–Crippen MR) is 159 cm³/mol. The van der Waals surface area contributed by atoms with Gasteiger partial charge in [0.1, 0.15) is 22.7 Å². The maximum Gasteiger partial charge on any atom is 0.260 e. The summed E-state index contributed by atoms with van der Waals surface area (Å²) >= 11 is 0. The minimum Gasteiger partial charge on any atom is -0.510 e. The van der Waals surface area contributed by atoms with Crippen molar-refractivity contribution in [1.29, 1.82) is 0 Å². The van der Waals surface area contributed by atoms with Crippen molar-refractivity contribution < 1.29 is 20.1 Å². The molecule has 5 aliphatic carbocycles. The fourth-order valence-corrected chi connectivity index (χ4v) is 6.58. The van der Waals surface area contributed by atoms with E-state index in [0.717, 1.165) is 18.9 Å². The minimum absolute atomic E-state index is 0.0186. The lowest BCUT2D eigenvalue weighted by Gasteiger charge is -2.27. The number of rotatable bonds is 5. The van der Waals surface area contributed by atoms with Crippen LogP contribution >= 0.6 is 0 Å². The van der Waals surface area contributed by atoms with Gasteiger partial charge in [0.05, 0.1) is 32.9 Å². The molecule has 1 atom stereocenters. The summed E-state index contributed by atoms with van der Waals surface area (Å²) in [6.07, 6.45) is 9.02. The molecule has 1 heterocycles. The van der Waals surface area contributed by atoms with Crippen molar-refractivity contribution in [2.45, 2.75) is 38.0 Å². The number of phenols is 1. The van der Waals surface area contributed by atoms with Crippen LogP contribution in [0.2, 0.25) is 0 Å². The van der Waals surface area contributed by atoms with Crippen LogP contribution in [0.25, 0.3) is 28.4 Å². The number of pyridine rings is 1. The number of allylic oxidation sites excluding steroid dienone is 3. The molecule has 10 heteroatoms. The van der Waals surface area contributed by atoms with Gasteiger partial charge in [0.15, 0.2) is 11.2 Å². The zero-order chi connectivity index (χ0) is 30.4. The number of aliphatic hydroxyl groups is 2. The molecule has 0 aliphatic heterocycles. The third kappa shape index (κ3) is 3.55. The Bertz CT molecular complexity index is 2460. The Morgan fingerprint density at radius 1 is 0.907 bits per heavy atom. The fourth-order valence-electron chi connectivity index (χ4n) is 6.58. The molecule has 1 fully saturated rings.